The van der Waals surface area contributed by atoms with Crippen LogP contribution in [-0.4, -0.2) is 35.4 Å². The van der Waals surface area contributed by atoms with E-state index >= 15 is 0 Å². The van der Waals surface area contributed by atoms with E-state index in [4.69, 9.17) is 0 Å². The summed E-state index contributed by atoms with van der Waals surface area (Å²) in [7, 11) is 0. The smallest absolute Gasteiger partial charge is 0.208 e. The third kappa shape index (κ3) is 4.07. The Kier molecular flexibility index (Phi) is 5.06. The summed E-state index contributed by atoms with van der Waals surface area (Å²) in [6, 6.07) is 9.89. The lowest BCUT2D eigenvalue weighted by Gasteiger charge is -2.05. The molecule has 7 nitrogen and oxygen atoms in total. The molecular weight excluding hydrogens is 334 g/mol. The Morgan fingerprint density at radius 3 is 2.84 bits per heavy atom. The summed E-state index contributed by atoms with van der Waals surface area (Å²) >= 11 is 1.55. The predicted molar refractivity (Wildman–Crippen MR) is 95.4 cm³/mol. The first-order valence-electron chi connectivity index (χ1n) is 8.75. The summed E-state index contributed by atoms with van der Waals surface area (Å²) in [6.45, 7) is 0. The van der Waals surface area contributed by atoms with Gasteiger partial charge in [-0.1, -0.05) is 55.6 Å². The number of aromatic amines is 1. The molecule has 1 N–H and O–H groups in total. The van der Waals surface area contributed by atoms with E-state index in [0.29, 0.717) is 5.75 Å². The van der Waals surface area contributed by atoms with Gasteiger partial charge in [-0.25, -0.2) is 4.98 Å². The lowest BCUT2D eigenvalue weighted by molar-refractivity contribution is 0.497. The van der Waals surface area contributed by atoms with Crippen LogP contribution in [0.2, 0.25) is 0 Å². The summed E-state index contributed by atoms with van der Waals surface area (Å²) in [5.74, 6) is 3.27. The molecule has 2 heterocycles. The van der Waals surface area contributed by atoms with Crippen molar-refractivity contribution in [1.29, 1.82) is 0 Å². The molecule has 3 aromatic rings. The molecule has 0 radical (unpaired) electrons. The first kappa shape index (κ1) is 16.3. The number of rotatable bonds is 7. The number of aromatic nitrogens is 7. The molecule has 1 aliphatic rings. The van der Waals surface area contributed by atoms with Gasteiger partial charge in [-0.2, -0.15) is 4.68 Å². The van der Waals surface area contributed by atoms with Gasteiger partial charge in [0.1, 0.15) is 5.82 Å². The van der Waals surface area contributed by atoms with E-state index in [0.717, 1.165) is 34.8 Å². The molecule has 0 aliphatic heterocycles. The number of para-hydroxylation sites is 1. The lowest BCUT2D eigenvalue weighted by atomic mass is 10.0. The molecule has 0 atom stereocenters. The fourth-order valence-corrected chi connectivity index (χ4v) is 4.01. The molecule has 1 fully saturated rings. The Morgan fingerprint density at radius 2 is 2.00 bits per heavy atom. The zero-order valence-electron chi connectivity index (χ0n) is 14.0. The maximum atomic E-state index is 4.59. The molecule has 0 unspecified atom stereocenters. The van der Waals surface area contributed by atoms with Crippen LogP contribution >= 0.6 is 11.8 Å². The van der Waals surface area contributed by atoms with Gasteiger partial charge in [-0.3, -0.25) is 5.10 Å². The van der Waals surface area contributed by atoms with Crippen LogP contribution in [0.4, 0.5) is 0 Å². The first-order chi connectivity index (χ1) is 12.4. The van der Waals surface area contributed by atoms with Crippen LogP contribution in [0.25, 0.3) is 5.69 Å². The molecule has 130 valence electrons. The second-order valence-corrected chi connectivity index (χ2v) is 7.33. The maximum absolute atomic E-state index is 4.59. The number of tetrazole rings is 1. The number of hydrogen-bond acceptors (Lipinski definition) is 6. The Hall–Kier alpha value is -2.22. The van der Waals surface area contributed by atoms with Gasteiger partial charge in [0, 0.05) is 6.42 Å². The highest BCUT2D eigenvalue weighted by Gasteiger charge is 2.16. The van der Waals surface area contributed by atoms with Crippen molar-refractivity contribution in [2.75, 3.05) is 0 Å². The zero-order valence-corrected chi connectivity index (χ0v) is 14.8. The van der Waals surface area contributed by atoms with Crippen LogP contribution in [-0.2, 0) is 12.2 Å². The van der Waals surface area contributed by atoms with Crippen molar-refractivity contribution in [1.82, 2.24) is 35.4 Å². The highest BCUT2D eigenvalue weighted by Crippen LogP contribution is 2.28. The Labute approximate surface area is 150 Å². The van der Waals surface area contributed by atoms with E-state index < -0.39 is 0 Å². The Morgan fingerprint density at radius 1 is 1.16 bits per heavy atom. The lowest BCUT2D eigenvalue weighted by Crippen LogP contribution is -2.01. The summed E-state index contributed by atoms with van der Waals surface area (Å²) in [6.07, 6.45) is 7.72. The standard InChI is InChI=1S/C17H21N7S/c1-2-8-14(9-3-1)24-16(20-22-23-24)12-25-17-18-15(19-21-17)11-10-13-6-4-5-7-13/h1-3,8-9,13H,4-7,10-12H2,(H,18,19,21). The van der Waals surface area contributed by atoms with E-state index in [1.165, 1.54) is 32.1 Å². The van der Waals surface area contributed by atoms with Crippen LogP contribution in [0.1, 0.15) is 43.8 Å². The van der Waals surface area contributed by atoms with Crippen molar-refractivity contribution in [3.8, 4) is 5.69 Å². The molecule has 0 amide bonds. The normalized spacial score (nSPS) is 15.0. The van der Waals surface area contributed by atoms with Crippen LogP contribution in [0.3, 0.4) is 0 Å². The summed E-state index contributed by atoms with van der Waals surface area (Å²) < 4.78 is 1.75. The molecule has 1 aromatic carbocycles. The van der Waals surface area contributed by atoms with Crippen molar-refractivity contribution < 1.29 is 0 Å². The topological polar surface area (TPSA) is 85.2 Å². The first-order valence-corrected chi connectivity index (χ1v) is 9.74. The van der Waals surface area contributed by atoms with Gasteiger partial charge in [0.25, 0.3) is 0 Å². The van der Waals surface area contributed by atoms with Gasteiger partial charge in [-0.05, 0) is 34.9 Å². The monoisotopic (exact) mass is 355 g/mol. The van der Waals surface area contributed by atoms with Gasteiger partial charge in [-0.15, -0.1) is 10.2 Å². The Balaban J connectivity index is 1.34. The van der Waals surface area contributed by atoms with E-state index in [2.05, 4.69) is 30.7 Å². The van der Waals surface area contributed by atoms with Crippen molar-refractivity contribution in [3.63, 3.8) is 0 Å². The molecule has 1 aliphatic carbocycles. The van der Waals surface area contributed by atoms with E-state index in [1.54, 1.807) is 16.4 Å². The number of thioether (sulfide) groups is 1. The zero-order chi connectivity index (χ0) is 16.9. The van der Waals surface area contributed by atoms with E-state index in [1.807, 2.05) is 30.3 Å². The van der Waals surface area contributed by atoms with Crippen LogP contribution < -0.4 is 0 Å². The molecule has 4 rings (SSSR count). The summed E-state index contributed by atoms with van der Waals surface area (Å²) in [5, 5.41) is 20.1. The number of benzene rings is 1. The molecule has 8 heteroatoms. The molecule has 1 saturated carbocycles. The average Bonchev–Trinajstić information content (AvgIpc) is 3.40. The van der Waals surface area contributed by atoms with E-state index in [-0.39, 0.29) is 0 Å². The molecule has 2 aromatic heterocycles. The second-order valence-electron chi connectivity index (χ2n) is 6.38. The van der Waals surface area contributed by atoms with Gasteiger partial charge in [0.15, 0.2) is 5.82 Å². The summed E-state index contributed by atoms with van der Waals surface area (Å²) in [4.78, 5) is 4.59. The Bertz CT molecular complexity index is 792. The minimum Gasteiger partial charge on any atom is -0.262 e. The minimum absolute atomic E-state index is 0.627. The van der Waals surface area contributed by atoms with Crippen molar-refractivity contribution in [2.24, 2.45) is 5.92 Å². The van der Waals surface area contributed by atoms with Crippen molar-refractivity contribution in [3.05, 3.63) is 42.0 Å². The van der Waals surface area contributed by atoms with E-state index in [9.17, 15) is 0 Å². The molecular formula is C17H21N7S. The van der Waals surface area contributed by atoms with Gasteiger partial charge in [0.05, 0.1) is 11.4 Å². The number of H-pyrrole nitrogens is 1. The highest BCUT2D eigenvalue weighted by molar-refractivity contribution is 7.98. The highest BCUT2D eigenvalue weighted by atomic mass is 32.2. The number of aryl methyl sites for hydroxylation is 1. The largest absolute Gasteiger partial charge is 0.262 e. The van der Waals surface area contributed by atoms with Crippen molar-refractivity contribution >= 4 is 11.8 Å². The third-order valence-corrected chi connectivity index (χ3v) is 5.48. The van der Waals surface area contributed by atoms with Gasteiger partial charge >= 0.3 is 0 Å². The molecule has 25 heavy (non-hydrogen) atoms. The van der Waals surface area contributed by atoms with Crippen LogP contribution in [0, 0.1) is 5.92 Å². The SMILES string of the molecule is c1ccc(-n2nnnc2CSc2n[nH]c(CCC3CCCC3)n2)cc1. The summed E-state index contributed by atoms with van der Waals surface area (Å²) in [5.41, 5.74) is 0.954. The minimum atomic E-state index is 0.627. The molecule has 0 saturated heterocycles. The third-order valence-electron chi connectivity index (χ3n) is 4.64. The fraction of sp³-hybridized carbons (Fsp3) is 0.471. The number of nitrogens with zero attached hydrogens (tertiary/aromatic N) is 6. The quantitative estimate of drug-likeness (QED) is 0.655. The second kappa shape index (κ2) is 7.77. The van der Waals surface area contributed by atoms with Crippen LogP contribution in [0.5, 0.6) is 0 Å². The number of hydrogen-bond donors (Lipinski definition) is 1. The van der Waals surface area contributed by atoms with Crippen LogP contribution in [0.15, 0.2) is 35.5 Å². The van der Waals surface area contributed by atoms with Gasteiger partial charge < -0.3 is 0 Å². The number of nitrogens with one attached hydrogen (secondary N) is 1. The average molecular weight is 355 g/mol. The van der Waals surface area contributed by atoms with Gasteiger partial charge in [0.2, 0.25) is 5.16 Å². The fourth-order valence-electron chi connectivity index (χ4n) is 3.29. The van der Waals surface area contributed by atoms with Crippen molar-refractivity contribution in [2.45, 2.75) is 49.4 Å². The molecule has 0 spiro atoms. The maximum Gasteiger partial charge on any atom is 0.208 e. The predicted octanol–water partition coefficient (Wildman–Crippen LogP) is 3.20. The molecule has 0 bridgehead atoms.